The van der Waals surface area contributed by atoms with Gasteiger partial charge in [-0.3, -0.25) is 13.9 Å². The van der Waals surface area contributed by atoms with Crippen molar-refractivity contribution in [1.29, 1.82) is 0 Å². The molecular weight excluding hydrogens is 958 g/mol. The van der Waals surface area contributed by atoms with Crippen molar-refractivity contribution >= 4 is 36.5 Å². The van der Waals surface area contributed by atoms with Crippen molar-refractivity contribution in [2.45, 2.75) is 70.0 Å². The van der Waals surface area contributed by atoms with Gasteiger partial charge in [-0.1, -0.05) is 91.0 Å². The molecule has 0 radical (unpaired) electrons. The van der Waals surface area contributed by atoms with Crippen LogP contribution in [0.4, 0.5) is 5.82 Å². The molecule has 0 spiro atoms. The predicted molar refractivity (Wildman–Crippen MR) is 269 cm³/mol. The molecule has 19 heteroatoms. The summed E-state index contributed by atoms with van der Waals surface area (Å²) < 4.78 is 77.9. The number of carbonyl (C=O) groups is 2. The third-order valence-corrected chi connectivity index (χ3v) is 13.6. The number of nitrogens with zero attached hydrogens (tertiary/aromatic N) is 4. The number of methoxy groups -OCH3 is 2. The number of imidazole rings is 1. The number of hydrogen-bond acceptors (Lipinski definition) is 16. The summed E-state index contributed by atoms with van der Waals surface area (Å²) in [5.41, 5.74) is 1.99. The molecular formula is C54H58N5O13P. The number of aromatic nitrogens is 4. The zero-order valence-corrected chi connectivity index (χ0v) is 42.2. The van der Waals surface area contributed by atoms with E-state index in [9.17, 15) is 14.2 Å². The lowest BCUT2D eigenvalue weighted by atomic mass is 9.79. The highest BCUT2D eigenvalue weighted by Crippen LogP contribution is 2.51. The molecule has 4 atom stereocenters. The number of hydrogen-bond donors (Lipinski definition) is 1. The second-order valence-electron chi connectivity index (χ2n) is 17.3. The van der Waals surface area contributed by atoms with Crippen LogP contribution < -0.4 is 14.8 Å². The minimum absolute atomic E-state index is 0.150. The van der Waals surface area contributed by atoms with E-state index in [1.54, 1.807) is 101 Å². The van der Waals surface area contributed by atoms with Gasteiger partial charge >= 0.3 is 13.6 Å². The molecule has 18 nitrogen and oxygen atoms in total. The Hall–Kier alpha value is -6.86. The van der Waals surface area contributed by atoms with Gasteiger partial charge in [-0.15, -0.1) is 0 Å². The van der Waals surface area contributed by atoms with E-state index in [2.05, 4.69) is 20.3 Å². The number of rotatable bonds is 24. The van der Waals surface area contributed by atoms with Crippen molar-refractivity contribution < 1.29 is 61.1 Å². The van der Waals surface area contributed by atoms with Crippen LogP contribution in [0.2, 0.25) is 0 Å². The Labute approximate surface area is 423 Å². The molecule has 8 rings (SSSR count). The Bertz CT molecular complexity index is 2870. The van der Waals surface area contributed by atoms with Crippen LogP contribution in [-0.4, -0.2) is 103 Å². The fraction of sp³-hybridized carbons (Fsp3) is 0.315. The highest BCUT2D eigenvalue weighted by Gasteiger charge is 2.53. The Balaban J connectivity index is 1.24. The van der Waals surface area contributed by atoms with Gasteiger partial charge < -0.3 is 52.3 Å². The van der Waals surface area contributed by atoms with Crippen LogP contribution in [0.3, 0.4) is 0 Å². The first kappa shape index (κ1) is 52.5. The smallest absolute Gasteiger partial charge is 0.356 e. The number of fused-ring (bicyclic) bond motifs is 1. The summed E-state index contributed by atoms with van der Waals surface area (Å²) in [6.45, 7) is 5.94. The summed E-state index contributed by atoms with van der Waals surface area (Å²) in [4.78, 5) is 40.0. The van der Waals surface area contributed by atoms with Crippen molar-refractivity contribution in [3.05, 3.63) is 180 Å². The largest absolute Gasteiger partial charge is 0.497 e. The van der Waals surface area contributed by atoms with Crippen molar-refractivity contribution in [2.24, 2.45) is 0 Å². The maximum atomic E-state index is 14.2. The molecule has 1 fully saturated rings. The van der Waals surface area contributed by atoms with Gasteiger partial charge in [0.2, 0.25) is 0 Å². The Morgan fingerprint density at radius 1 is 0.685 bits per heavy atom. The van der Waals surface area contributed by atoms with E-state index in [4.69, 9.17) is 46.9 Å². The van der Waals surface area contributed by atoms with Crippen molar-refractivity contribution in [2.75, 3.05) is 46.1 Å². The summed E-state index contributed by atoms with van der Waals surface area (Å²) >= 11 is 0. The van der Waals surface area contributed by atoms with Gasteiger partial charge in [0.15, 0.2) is 36.8 Å². The average molecular weight is 1020 g/mol. The molecule has 382 valence electrons. The van der Waals surface area contributed by atoms with Crippen molar-refractivity contribution in [3.63, 3.8) is 0 Å². The van der Waals surface area contributed by atoms with Gasteiger partial charge in [0, 0.05) is 5.56 Å². The number of anilines is 1. The minimum Gasteiger partial charge on any atom is -0.497 e. The van der Waals surface area contributed by atoms with Crippen LogP contribution in [0.1, 0.15) is 71.3 Å². The topological polar surface area (TPSA) is 199 Å². The number of carbonyl (C=O) groups excluding carboxylic acids is 2. The number of amides is 1. The average Bonchev–Trinajstić information content (AvgIpc) is 3.99. The van der Waals surface area contributed by atoms with Gasteiger partial charge in [-0.25, -0.2) is 19.7 Å². The highest BCUT2D eigenvalue weighted by molar-refractivity contribution is 7.53. The van der Waals surface area contributed by atoms with Crippen LogP contribution >= 0.6 is 7.60 Å². The predicted octanol–water partition coefficient (Wildman–Crippen LogP) is 9.56. The minimum atomic E-state index is -3.82. The molecule has 1 amide bonds. The molecule has 2 aromatic heterocycles. The van der Waals surface area contributed by atoms with E-state index in [1.165, 1.54) is 12.7 Å². The molecule has 73 heavy (non-hydrogen) atoms. The number of nitrogens with one attached hydrogen (secondary N) is 1. The standard InChI is InChI=1S/C54H58N5O13P/c1-36(2)71-73(62,72-37(3)4)35-65-30-45-47(70-54(40-20-14-9-15-21-40,41-22-26-43(63-5)27-23-41)42-24-28-44(64-6)29-25-42)48(67-33-66-34-68-53(61)39-18-12-8-13-19-39)52(69-45)59-32-57-46-49(55-31-56-50(46)59)58-51(60)38-16-10-7-11-17-38/h7-29,31-32,36-37,45,47-48,52H,30,33-35H2,1-6H3,(H,55,56,58,60)/t45-,47-,48-,52-/m1/s1. The molecule has 0 aliphatic carbocycles. The van der Waals surface area contributed by atoms with Crippen LogP contribution in [-0.2, 0) is 47.6 Å². The fourth-order valence-electron chi connectivity index (χ4n) is 8.44. The molecule has 1 aliphatic rings. The summed E-state index contributed by atoms with van der Waals surface area (Å²) in [7, 11) is -0.633. The van der Waals surface area contributed by atoms with Gasteiger partial charge in [0.25, 0.3) is 5.91 Å². The quantitative estimate of drug-likeness (QED) is 0.0197. The fourth-order valence-corrected chi connectivity index (χ4v) is 10.2. The Kier molecular flexibility index (Phi) is 17.4. The van der Waals surface area contributed by atoms with Gasteiger partial charge in [0.1, 0.15) is 48.1 Å². The molecule has 1 aliphatic heterocycles. The lowest BCUT2D eigenvalue weighted by molar-refractivity contribution is -0.181. The van der Waals surface area contributed by atoms with Gasteiger partial charge in [0.05, 0.1) is 44.9 Å². The first-order chi connectivity index (χ1) is 35.4. The van der Waals surface area contributed by atoms with E-state index in [0.29, 0.717) is 33.8 Å². The molecule has 1 N–H and O–H groups in total. The second kappa shape index (κ2) is 24.2. The number of benzene rings is 5. The van der Waals surface area contributed by atoms with E-state index >= 15 is 0 Å². The van der Waals surface area contributed by atoms with E-state index < -0.39 is 81.8 Å². The summed E-state index contributed by atoms with van der Waals surface area (Å²) in [5, 5.41) is 2.86. The molecule has 7 aromatic rings. The molecule has 0 unspecified atom stereocenters. The second-order valence-corrected chi connectivity index (χ2v) is 19.2. The van der Waals surface area contributed by atoms with Crippen molar-refractivity contribution in [3.8, 4) is 11.5 Å². The van der Waals surface area contributed by atoms with Crippen LogP contribution in [0.5, 0.6) is 11.5 Å². The SMILES string of the molecule is COc1ccc(C(O[C@H]2[C@@H](OCOCOC(=O)c3ccccc3)[C@H](n3cnc4c(NC(=O)c5ccccc5)ncnc43)O[C@@H]2COCP(=O)(OC(C)C)OC(C)C)(c2ccccc2)c2ccc(OC)cc2)cc1. The lowest BCUT2D eigenvalue weighted by Crippen LogP contribution is -2.46. The molecule has 3 heterocycles. The summed E-state index contributed by atoms with van der Waals surface area (Å²) in [6, 6.07) is 42.0. The first-order valence-corrected chi connectivity index (χ1v) is 25.3. The Morgan fingerprint density at radius 3 is 1.82 bits per heavy atom. The highest BCUT2D eigenvalue weighted by atomic mass is 31.2. The third-order valence-electron chi connectivity index (χ3n) is 11.6. The van der Waals surface area contributed by atoms with Crippen LogP contribution in [0.15, 0.2) is 152 Å². The molecule has 5 aromatic carbocycles. The number of ether oxygens (including phenoxy) is 8. The van der Waals surface area contributed by atoms with E-state index in [1.807, 2.05) is 84.9 Å². The zero-order valence-electron chi connectivity index (χ0n) is 41.3. The molecule has 0 bridgehead atoms. The van der Waals surface area contributed by atoms with E-state index in [0.717, 1.165) is 5.56 Å². The Morgan fingerprint density at radius 2 is 1.25 bits per heavy atom. The van der Waals surface area contributed by atoms with Crippen LogP contribution in [0.25, 0.3) is 11.2 Å². The summed E-state index contributed by atoms with van der Waals surface area (Å²) in [5.74, 6) is 0.392. The normalized spacial score (nSPS) is 17.0. The third kappa shape index (κ3) is 12.5. The van der Waals surface area contributed by atoms with Gasteiger partial charge in [-0.05, 0) is 92.9 Å². The molecule has 0 saturated carbocycles. The summed E-state index contributed by atoms with van der Waals surface area (Å²) in [6.07, 6.45) is -2.85. The maximum absolute atomic E-state index is 14.2. The first-order valence-electron chi connectivity index (χ1n) is 23.6. The number of esters is 1. The van der Waals surface area contributed by atoms with Gasteiger partial charge in [-0.2, -0.15) is 0 Å². The zero-order chi connectivity index (χ0) is 51.4. The van der Waals surface area contributed by atoms with Crippen molar-refractivity contribution in [1.82, 2.24) is 19.5 Å². The lowest BCUT2D eigenvalue weighted by Gasteiger charge is -2.40. The van der Waals surface area contributed by atoms with Crippen LogP contribution in [0, 0.1) is 0 Å². The van der Waals surface area contributed by atoms with E-state index in [-0.39, 0.29) is 23.6 Å². The monoisotopic (exact) mass is 1020 g/mol. The molecule has 1 saturated heterocycles. The maximum Gasteiger partial charge on any atom is 0.356 e.